The molecule has 1 aromatic carbocycles. The first kappa shape index (κ1) is 13.0. The zero-order chi connectivity index (χ0) is 13.0. The first-order valence-electron chi connectivity index (χ1n) is 6.30. The first-order valence-corrected chi connectivity index (χ1v) is 6.30. The van der Waals surface area contributed by atoms with Gasteiger partial charge in [0, 0.05) is 32.2 Å². The van der Waals surface area contributed by atoms with E-state index in [0.717, 1.165) is 37.3 Å². The Labute approximate surface area is 107 Å². The van der Waals surface area contributed by atoms with Crippen molar-refractivity contribution >= 4 is 0 Å². The van der Waals surface area contributed by atoms with E-state index in [9.17, 15) is 4.39 Å². The van der Waals surface area contributed by atoms with Gasteiger partial charge in [-0.15, -0.1) is 0 Å². The summed E-state index contributed by atoms with van der Waals surface area (Å²) in [5, 5.41) is 12.3. The SMILES string of the molecule is Cc1cc(F)ccc1[C@H](CC#N)N1CCNCC1. The molecule has 0 aliphatic carbocycles. The molecule has 1 atom stereocenters. The minimum Gasteiger partial charge on any atom is -0.314 e. The number of aryl methyl sites for hydroxylation is 1. The molecule has 2 rings (SSSR count). The summed E-state index contributed by atoms with van der Waals surface area (Å²) in [6.07, 6.45) is 0.451. The van der Waals surface area contributed by atoms with Crippen LogP contribution in [-0.2, 0) is 0 Å². The van der Waals surface area contributed by atoms with Gasteiger partial charge in [0.1, 0.15) is 5.82 Å². The highest BCUT2D eigenvalue weighted by Gasteiger charge is 2.23. The van der Waals surface area contributed by atoms with Gasteiger partial charge < -0.3 is 5.32 Å². The largest absolute Gasteiger partial charge is 0.314 e. The van der Waals surface area contributed by atoms with Crippen LogP contribution < -0.4 is 5.32 Å². The molecule has 0 radical (unpaired) electrons. The van der Waals surface area contributed by atoms with Crippen LogP contribution in [0.2, 0.25) is 0 Å². The second kappa shape index (κ2) is 5.94. The monoisotopic (exact) mass is 247 g/mol. The predicted molar refractivity (Wildman–Crippen MR) is 68.6 cm³/mol. The lowest BCUT2D eigenvalue weighted by Crippen LogP contribution is -2.45. The number of piperazine rings is 1. The normalized spacial score (nSPS) is 18.3. The van der Waals surface area contributed by atoms with Crippen LogP contribution in [0.15, 0.2) is 18.2 Å². The number of nitrogens with zero attached hydrogens (tertiary/aromatic N) is 2. The van der Waals surface area contributed by atoms with E-state index in [1.165, 1.54) is 6.07 Å². The van der Waals surface area contributed by atoms with Crippen molar-refractivity contribution in [2.24, 2.45) is 0 Å². The molecule has 0 aromatic heterocycles. The van der Waals surface area contributed by atoms with Gasteiger partial charge in [0.25, 0.3) is 0 Å². The van der Waals surface area contributed by atoms with Crippen LogP contribution in [0, 0.1) is 24.1 Å². The number of nitriles is 1. The molecule has 1 aliphatic heterocycles. The second-order valence-electron chi connectivity index (χ2n) is 4.66. The van der Waals surface area contributed by atoms with Gasteiger partial charge in [-0.05, 0) is 30.2 Å². The van der Waals surface area contributed by atoms with Crippen molar-refractivity contribution in [2.45, 2.75) is 19.4 Å². The van der Waals surface area contributed by atoms with Crippen molar-refractivity contribution in [1.29, 1.82) is 5.26 Å². The molecule has 1 N–H and O–H groups in total. The fourth-order valence-electron chi connectivity index (χ4n) is 2.53. The van der Waals surface area contributed by atoms with Crippen molar-refractivity contribution in [3.05, 3.63) is 35.1 Å². The van der Waals surface area contributed by atoms with E-state index in [-0.39, 0.29) is 11.9 Å². The highest BCUT2D eigenvalue weighted by molar-refractivity contribution is 5.30. The van der Waals surface area contributed by atoms with Gasteiger partial charge in [-0.1, -0.05) is 6.07 Å². The number of halogens is 1. The smallest absolute Gasteiger partial charge is 0.123 e. The maximum absolute atomic E-state index is 13.2. The predicted octanol–water partition coefficient (Wildman–Crippen LogP) is 1.99. The molecule has 0 amide bonds. The van der Waals surface area contributed by atoms with Crippen LogP contribution in [0.25, 0.3) is 0 Å². The fraction of sp³-hybridized carbons (Fsp3) is 0.500. The molecule has 96 valence electrons. The lowest BCUT2D eigenvalue weighted by atomic mass is 9.97. The lowest BCUT2D eigenvalue weighted by Gasteiger charge is -2.34. The third-order valence-electron chi connectivity index (χ3n) is 3.47. The molecule has 1 saturated heterocycles. The molecule has 1 fully saturated rings. The Morgan fingerprint density at radius 1 is 1.44 bits per heavy atom. The molecule has 0 unspecified atom stereocenters. The summed E-state index contributed by atoms with van der Waals surface area (Å²) in [5.74, 6) is -0.215. The van der Waals surface area contributed by atoms with Crippen molar-refractivity contribution in [2.75, 3.05) is 26.2 Å². The van der Waals surface area contributed by atoms with Crippen LogP contribution in [-0.4, -0.2) is 31.1 Å². The van der Waals surface area contributed by atoms with Gasteiger partial charge in [-0.3, -0.25) is 4.90 Å². The fourth-order valence-corrected chi connectivity index (χ4v) is 2.53. The summed E-state index contributed by atoms with van der Waals surface area (Å²) in [7, 11) is 0. The van der Waals surface area contributed by atoms with E-state index in [1.54, 1.807) is 6.07 Å². The third-order valence-corrected chi connectivity index (χ3v) is 3.47. The van der Waals surface area contributed by atoms with E-state index >= 15 is 0 Å². The second-order valence-corrected chi connectivity index (χ2v) is 4.66. The average Bonchev–Trinajstić information content (AvgIpc) is 2.38. The molecular formula is C14H18FN3. The van der Waals surface area contributed by atoms with Crippen LogP contribution in [0.1, 0.15) is 23.6 Å². The van der Waals surface area contributed by atoms with Crippen molar-refractivity contribution in [3.8, 4) is 6.07 Å². The minimum absolute atomic E-state index is 0.0812. The van der Waals surface area contributed by atoms with Gasteiger partial charge in [0.15, 0.2) is 0 Å². The van der Waals surface area contributed by atoms with E-state index in [1.807, 2.05) is 13.0 Å². The molecule has 3 nitrogen and oxygen atoms in total. The number of benzene rings is 1. The van der Waals surface area contributed by atoms with Crippen LogP contribution in [0.5, 0.6) is 0 Å². The highest BCUT2D eigenvalue weighted by Crippen LogP contribution is 2.27. The third kappa shape index (κ3) is 2.87. The van der Waals surface area contributed by atoms with E-state index < -0.39 is 0 Å². The average molecular weight is 247 g/mol. The molecule has 0 spiro atoms. The van der Waals surface area contributed by atoms with Crippen LogP contribution in [0.4, 0.5) is 4.39 Å². The Bertz CT molecular complexity index is 447. The summed E-state index contributed by atoms with van der Waals surface area (Å²) in [6.45, 7) is 5.67. The Hall–Kier alpha value is -1.44. The molecule has 1 aromatic rings. The van der Waals surface area contributed by atoms with E-state index in [4.69, 9.17) is 5.26 Å². The van der Waals surface area contributed by atoms with Crippen molar-refractivity contribution in [3.63, 3.8) is 0 Å². The van der Waals surface area contributed by atoms with Gasteiger partial charge in [-0.2, -0.15) is 5.26 Å². The summed E-state index contributed by atoms with van der Waals surface area (Å²) in [5.41, 5.74) is 1.99. The zero-order valence-corrected chi connectivity index (χ0v) is 10.6. The number of rotatable bonds is 3. The van der Waals surface area contributed by atoms with Gasteiger partial charge in [0.2, 0.25) is 0 Å². The quantitative estimate of drug-likeness (QED) is 0.888. The maximum Gasteiger partial charge on any atom is 0.123 e. The zero-order valence-electron chi connectivity index (χ0n) is 10.6. The number of nitrogens with one attached hydrogen (secondary N) is 1. The van der Waals surface area contributed by atoms with Crippen molar-refractivity contribution in [1.82, 2.24) is 10.2 Å². The number of hydrogen-bond donors (Lipinski definition) is 1. The maximum atomic E-state index is 13.2. The molecule has 1 heterocycles. The summed E-state index contributed by atoms with van der Waals surface area (Å²) in [6, 6.07) is 7.17. The molecule has 0 saturated carbocycles. The Morgan fingerprint density at radius 2 is 2.17 bits per heavy atom. The topological polar surface area (TPSA) is 39.1 Å². The Kier molecular flexibility index (Phi) is 4.29. The van der Waals surface area contributed by atoms with Gasteiger partial charge >= 0.3 is 0 Å². The molecule has 4 heteroatoms. The van der Waals surface area contributed by atoms with Crippen LogP contribution >= 0.6 is 0 Å². The van der Waals surface area contributed by atoms with Crippen molar-refractivity contribution < 1.29 is 4.39 Å². The molecule has 1 aliphatic rings. The van der Waals surface area contributed by atoms with Crippen LogP contribution in [0.3, 0.4) is 0 Å². The Balaban J connectivity index is 2.25. The molecule has 18 heavy (non-hydrogen) atoms. The lowest BCUT2D eigenvalue weighted by molar-refractivity contribution is 0.175. The van der Waals surface area contributed by atoms with Gasteiger partial charge in [0.05, 0.1) is 12.5 Å². The first-order chi connectivity index (χ1) is 8.72. The van der Waals surface area contributed by atoms with E-state index in [0.29, 0.717) is 6.42 Å². The Morgan fingerprint density at radius 3 is 2.78 bits per heavy atom. The summed E-state index contributed by atoms with van der Waals surface area (Å²) in [4.78, 5) is 2.31. The molecular weight excluding hydrogens is 229 g/mol. The van der Waals surface area contributed by atoms with Gasteiger partial charge in [-0.25, -0.2) is 4.39 Å². The minimum atomic E-state index is -0.215. The number of hydrogen-bond acceptors (Lipinski definition) is 3. The molecule has 0 bridgehead atoms. The summed E-state index contributed by atoms with van der Waals surface area (Å²) < 4.78 is 13.2. The standard InChI is InChI=1S/C14H18FN3/c1-11-10-12(15)2-3-13(11)14(4-5-16)18-8-6-17-7-9-18/h2-3,10,14,17H,4,6-9H2,1H3/t14-/m0/s1. The highest BCUT2D eigenvalue weighted by atomic mass is 19.1. The summed E-state index contributed by atoms with van der Waals surface area (Å²) >= 11 is 0. The van der Waals surface area contributed by atoms with E-state index in [2.05, 4.69) is 16.3 Å².